The highest BCUT2D eigenvalue weighted by Gasteiger charge is 2.30. The zero-order valence-electron chi connectivity index (χ0n) is 14.3. The third kappa shape index (κ3) is 6.96. The molecule has 0 saturated carbocycles. The lowest BCUT2D eigenvalue weighted by atomic mass is 10.1. The Bertz CT molecular complexity index is 901. The molecule has 0 aliphatic heterocycles. The lowest BCUT2D eigenvalue weighted by molar-refractivity contribution is -0.137. The van der Waals surface area contributed by atoms with Crippen LogP contribution in [0.4, 0.5) is 13.2 Å². The molecule has 2 aromatic rings. The molecule has 4 nitrogen and oxygen atoms in total. The Morgan fingerprint density at radius 3 is 2.41 bits per heavy atom. The fourth-order valence-corrected chi connectivity index (χ4v) is 3.47. The van der Waals surface area contributed by atoms with Crippen LogP contribution in [0.3, 0.4) is 0 Å². The van der Waals surface area contributed by atoms with Crippen LogP contribution in [-0.2, 0) is 28.4 Å². The molecule has 27 heavy (non-hydrogen) atoms. The first-order valence-electron chi connectivity index (χ1n) is 7.98. The molecule has 0 heterocycles. The average Bonchev–Trinajstić information content (AvgIpc) is 2.60. The maximum Gasteiger partial charge on any atom is 0.416 e. The van der Waals surface area contributed by atoms with Gasteiger partial charge in [-0.3, -0.25) is 0 Å². The topological polar surface area (TPSA) is 55.4 Å². The normalized spacial score (nSPS) is 11.8. The van der Waals surface area contributed by atoms with Gasteiger partial charge >= 0.3 is 6.18 Å². The zero-order chi connectivity index (χ0) is 19.9. The van der Waals surface area contributed by atoms with Crippen molar-refractivity contribution >= 4 is 10.0 Å². The van der Waals surface area contributed by atoms with Gasteiger partial charge in [0, 0.05) is 6.54 Å². The largest absolute Gasteiger partial charge is 0.481 e. The predicted octanol–water partition coefficient (Wildman–Crippen LogP) is 3.38. The Kier molecular flexibility index (Phi) is 6.88. The van der Waals surface area contributed by atoms with Crippen molar-refractivity contribution in [1.29, 1.82) is 0 Å². The summed E-state index contributed by atoms with van der Waals surface area (Å²) in [5.74, 6) is 2.45. The highest BCUT2D eigenvalue weighted by molar-refractivity contribution is 7.88. The van der Waals surface area contributed by atoms with Crippen molar-refractivity contribution in [3.05, 3.63) is 65.2 Å². The van der Waals surface area contributed by atoms with Gasteiger partial charge in [-0.15, -0.1) is 6.42 Å². The molecule has 8 heteroatoms. The number of benzene rings is 2. The maximum absolute atomic E-state index is 12.7. The van der Waals surface area contributed by atoms with Gasteiger partial charge in [0.1, 0.15) is 12.4 Å². The second-order valence-electron chi connectivity index (χ2n) is 5.74. The molecule has 0 amide bonds. The van der Waals surface area contributed by atoms with Crippen LogP contribution in [0.1, 0.15) is 16.7 Å². The molecule has 0 aliphatic carbocycles. The second-order valence-corrected chi connectivity index (χ2v) is 7.55. The number of terminal acetylenes is 1. The summed E-state index contributed by atoms with van der Waals surface area (Å²) in [7, 11) is -3.75. The van der Waals surface area contributed by atoms with Gasteiger partial charge in [-0.1, -0.05) is 36.3 Å². The Morgan fingerprint density at radius 1 is 1.07 bits per heavy atom. The lowest BCUT2D eigenvalue weighted by Crippen LogP contribution is -2.27. The van der Waals surface area contributed by atoms with Crippen LogP contribution in [-0.4, -0.2) is 21.6 Å². The molecule has 0 aromatic heterocycles. The number of alkyl halides is 3. The van der Waals surface area contributed by atoms with Crippen molar-refractivity contribution in [1.82, 2.24) is 4.72 Å². The number of sulfonamides is 1. The molecule has 0 atom stereocenters. The van der Waals surface area contributed by atoms with Crippen molar-refractivity contribution < 1.29 is 26.3 Å². The second kappa shape index (κ2) is 8.93. The van der Waals surface area contributed by atoms with Crippen LogP contribution < -0.4 is 9.46 Å². The van der Waals surface area contributed by atoms with Crippen LogP contribution in [0, 0.1) is 12.3 Å². The number of nitrogens with one attached hydrogen (secondary N) is 1. The van der Waals surface area contributed by atoms with E-state index in [4.69, 9.17) is 11.2 Å². The van der Waals surface area contributed by atoms with Gasteiger partial charge in [0.25, 0.3) is 0 Å². The van der Waals surface area contributed by atoms with Crippen LogP contribution >= 0.6 is 0 Å². The van der Waals surface area contributed by atoms with Crippen LogP contribution in [0.25, 0.3) is 0 Å². The van der Waals surface area contributed by atoms with E-state index in [-0.39, 0.29) is 18.7 Å². The third-order valence-corrected chi connectivity index (χ3v) is 4.95. The minimum atomic E-state index is -4.51. The zero-order valence-corrected chi connectivity index (χ0v) is 15.1. The first kappa shape index (κ1) is 20.8. The summed E-state index contributed by atoms with van der Waals surface area (Å²) < 4.78 is 69.9. The van der Waals surface area contributed by atoms with Gasteiger partial charge in [0.05, 0.1) is 11.3 Å². The molecule has 2 aromatic carbocycles. The molecule has 0 bridgehead atoms. The molecule has 0 aliphatic rings. The van der Waals surface area contributed by atoms with Crippen LogP contribution in [0.5, 0.6) is 5.75 Å². The van der Waals surface area contributed by atoms with E-state index >= 15 is 0 Å². The number of rotatable bonds is 8. The molecule has 0 fully saturated rings. The fraction of sp³-hybridized carbons (Fsp3) is 0.263. The number of hydrogen-bond donors (Lipinski definition) is 1. The van der Waals surface area contributed by atoms with E-state index in [1.54, 1.807) is 24.3 Å². The minimum Gasteiger partial charge on any atom is -0.481 e. The summed E-state index contributed by atoms with van der Waals surface area (Å²) in [5.41, 5.74) is 0.0829. The Labute approximate surface area is 156 Å². The smallest absolute Gasteiger partial charge is 0.416 e. The molecule has 0 radical (unpaired) electrons. The van der Waals surface area contributed by atoms with E-state index in [2.05, 4.69) is 10.6 Å². The summed E-state index contributed by atoms with van der Waals surface area (Å²) in [6.07, 6.45) is 1.02. The Balaban J connectivity index is 1.89. The summed E-state index contributed by atoms with van der Waals surface area (Å²) >= 11 is 0. The van der Waals surface area contributed by atoms with Gasteiger partial charge in [-0.05, 0) is 35.7 Å². The summed E-state index contributed by atoms with van der Waals surface area (Å²) in [6, 6.07) is 11.3. The van der Waals surface area contributed by atoms with E-state index in [0.717, 1.165) is 17.7 Å². The minimum absolute atomic E-state index is 0.0762. The molecule has 1 N–H and O–H groups in total. The molecule has 0 saturated heterocycles. The Morgan fingerprint density at radius 2 is 1.78 bits per heavy atom. The molecule has 2 rings (SSSR count). The van der Waals surface area contributed by atoms with E-state index in [1.807, 2.05) is 0 Å². The standard InChI is InChI=1S/C19H18F3NO3S/c1-2-12-26-18-8-6-15(7-9-18)10-11-23-27(24,25)14-16-4-3-5-17(13-16)19(20,21)22/h1,3-9,13,23H,10-12,14H2. The lowest BCUT2D eigenvalue weighted by Gasteiger charge is -2.10. The number of ether oxygens (including phenoxy) is 1. The van der Waals surface area contributed by atoms with Crippen molar-refractivity contribution in [3.63, 3.8) is 0 Å². The quantitative estimate of drug-likeness (QED) is 0.695. The van der Waals surface area contributed by atoms with Crippen molar-refractivity contribution in [2.24, 2.45) is 0 Å². The highest BCUT2D eigenvalue weighted by atomic mass is 32.2. The van der Waals surface area contributed by atoms with Crippen molar-refractivity contribution in [2.45, 2.75) is 18.3 Å². The third-order valence-electron chi connectivity index (χ3n) is 3.59. The number of halogens is 3. The van der Waals surface area contributed by atoms with Gasteiger partial charge < -0.3 is 4.74 Å². The molecule has 0 unspecified atom stereocenters. The van der Waals surface area contributed by atoms with E-state index < -0.39 is 27.5 Å². The Hall–Kier alpha value is -2.50. The molecule has 0 spiro atoms. The highest BCUT2D eigenvalue weighted by Crippen LogP contribution is 2.29. The van der Waals surface area contributed by atoms with Crippen molar-refractivity contribution in [2.75, 3.05) is 13.2 Å². The fourth-order valence-electron chi connectivity index (χ4n) is 2.34. The monoisotopic (exact) mass is 397 g/mol. The molecule has 144 valence electrons. The van der Waals surface area contributed by atoms with Crippen LogP contribution in [0.2, 0.25) is 0 Å². The first-order chi connectivity index (χ1) is 12.7. The SMILES string of the molecule is C#CCOc1ccc(CCNS(=O)(=O)Cc2cccc(C(F)(F)F)c2)cc1. The predicted molar refractivity (Wildman–Crippen MR) is 96.5 cm³/mol. The molecular weight excluding hydrogens is 379 g/mol. The van der Waals surface area contributed by atoms with Crippen LogP contribution in [0.15, 0.2) is 48.5 Å². The summed E-state index contributed by atoms with van der Waals surface area (Å²) in [6.45, 7) is 0.292. The summed E-state index contributed by atoms with van der Waals surface area (Å²) in [5, 5.41) is 0. The van der Waals surface area contributed by atoms with E-state index in [0.29, 0.717) is 12.2 Å². The van der Waals surface area contributed by atoms with Gasteiger partial charge in [-0.25, -0.2) is 13.1 Å². The van der Waals surface area contributed by atoms with E-state index in [9.17, 15) is 21.6 Å². The summed E-state index contributed by atoms with van der Waals surface area (Å²) in [4.78, 5) is 0. The molecular formula is C19H18F3NO3S. The van der Waals surface area contributed by atoms with E-state index in [1.165, 1.54) is 12.1 Å². The van der Waals surface area contributed by atoms with Gasteiger partial charge in [0.15, 0.2) is 0 Å². The maximum atomic E-state index is 12.7. The first-order valence-corrected chi connectivity index (χ1v) is 9.63. The average molecular weight is 397 g/mol. The van der Waals surface area contributed by atoms with Gasteiger partial charge in [-0.2, -0.15) is 13.2 Å². The number of hydrogen-bond acceptors (Lipinski definition) is 3. The van der Waals surface area contributed by atoms with Crippen molar-refractivity contribution in [3.8, 4) is 18.1 Å². The van der Waals surface area contributed by atoms with Gasteiger partial charge in [0.2, 0.25) is 10.0 Å².